The van der Waals surface area contributed by atoms with Gasteiger partial charge in [-0.3, -0.25) is 4.79 Å². The van der Waals surface area contributed by atoms with Gasteiger partial charge in [0, 0.05) is 29.3 Å². The Balaban J connectivity index is 1.38. The Labute approximate surface area is 169 Å². The van der Waals surface area contributed by atoms with E-state index in [2.05, 4.69) is 34.8 Å². The van der Waals surface area contributed by atoms with Crippen LogP contribution in [0.2, 0.25) is 0 Å². The number of hydrogen-bond acceptors (Lipinski definition) is 3. The van der Waals surface area contributed by atoms with Crippen LogP contribution >= 0.6 is 0 Å². The Morgan fingerprint density at radius 3 is 2.31 bits per heavy atom. The highest BCUT2D eigenvalue weighted by molar-refractivity contribution is 6.04. The average molecular weight is 380 g/mol. The molecule has 0 aliphatic rings. The number of hydrogen-bond donors (Lipinski definition) is 1. The van der Waals surface area contributed by atoms with Crippen molar-refractivity contribution in [2.45, 2.75) is 6.42 Å². The normalized spacial score (nSPS) is 10.9. The monoisotopic (exact) mass is 380 g/mol. The molecule has 1 heterocycles. The van der Waals surface area contributed by atoms with Crippen LogP contribution < -0.4 is 5.32 Å². The highest BCUT2D eigenvalue weighted by atomic mass is 16.5. The number of anilines is 1. The first-order valence-corrected chi connectivity index (χ1v) is 9.42. The zero-order valence-electron chi connectivity index (χ0n) is 15.8. The SMILES string of the molecule is O=C(Nc1ccc(-c2cc(CC=Cc3ccccc3)on2)cc1)c1ccccc1. The van der Waals surface area contributed by atoms with Crippen molar-refractivity contribution in [3.63, 3.8) is 0 Å². The Morgan fingerprint density at radius 2 is 1.59 bits per heavy atom. The number of carbonyl (C=O) groups is 1. The number of nitrogens with one attached hydrogen (secondary N) is 1. The molecule has 0 unspecified atom stereocenters. The van der Waals surface area contributed by atoms with Gasteiger partial charge in [0.2, 0.25) is 0 Å². The summed E-state index contributed by atoms with van der Waals surface area (Å²) in [5.74, 6) is 0.668. The summed E-state index contributed by atoms with van der Waals surface area (Å²) in [4.78, 5) is 12.2. The lowest BCUT2D eigenvalue weighted by Gasteiger charge is -2.05. The molecule has 0 spiro atoms. The van der Waals surface area contributed by atoms with Crippen LogP contribution in [-0.2, 0) is 6.42 Å². The van der Waals surface area contributed by atoms with Gasteiger partial charge in [0.25, 0.3) is 5.91 Å². The van der Waals surface area contributed by atoms with Crippen LogP contribution in [0, 0.1) is 0 Å². The van der Waals surface area contributed by atoms with E-state index in [0.717, 1.165) is 28.3 Å². The smallest absolute Gasteiger partial charge is 0.255 e. The number of aromatic nitrogens is 1. The largest absolute Gasteiger partial charge is 0.360 e. The van der Waals surface area contributed by atoms with Gasteiger partial charge in [0.05, 0.1) is 0 Å². The molecule has 0 saturated heterocycles. The maximum atomic E-state index is 12.2. The number of carbonyl (C=O) groups excluding carboxylic acids is 1. The fourth-order valence-electron chi connectivity index (χ4n) is 2.94. The standard InChI is InChI=1S/C25H20N2O2/c28-25(21-11-5-2-6-12-21)26-22-16-14-20(15-17-22)24-18-23(29-27-24)13-7-10-19-8-3-1-4-9-19/h1-12,14-18H,13H2,(H,26,28). The van der Waals surface area contributed by atoms with Gasteiger partial charge < -0.3 is 9.84 Å². The summed E-state index contributed by atoms with van der Waals surface area (Å²) >= 11 is 0. The molecule has 1 aromatic heterocycles. The Hall–Kier alpha value is -3.92. The van der Waals surface area contributed by atoms with Crippen molar-refractivity contribution in [1.29, 1.82) is 0 Å². The van der Waals surface area contributed by atoms with E-state index in [9.17, 15) is 4.79 Å². The third-order valence-corrected chi connectivity index (χ3v) is 4.46. The number of amides is 1. The molecule has 4 aromatic rings. The number of benzene rings is 3. The molecule has 1 amide bonds. The molecule has 29 heavy (non-hydrogen) atoms. The molecular formula is C25H20N2O2. The van der Waals surface area contributed by atoms with Gasteiger partial charge in [-0.05, 0) is 29.8 Å². The van der Waals surface area contributed by atoms with Gasteiger partial charge in [0.1, 0.15) is 11.5 Å². The van der Waals surface area contributed by atoms with Crippen LogP contribution in [0.3, 0.4) is 0 Å². The molecule has 0 radical (unpaired) electrons. The average Bonchev–Trinajstić information content (AvgIpc) is 3.24. The summed E-state index contributed by atoms with van der Waals surface area (Å²) < 4.78 is 5.44. The molecule has 1 N–H and O–H groups in total. The van der Waals surface area contributed by atoms with Gasteiger partial charge in [-0.15, -0.1) is 0 Å². The molecular weight excluding hydrogens is 360 g/mol. The van der Waals surface area contributed by atoms with Gasteiger partial charge in [-0.1, -0.05) is 78.0 Å². The van der Waals surface area contributed by atoms with E-state index < -0.39 is 0 Å². The van der Waals surface area contributed by atoms with Crippen LogP contribution in [0.5, 0.6) is 0 Å². The van der Waals surface area contributed by atoms with Gasteiger partial charge in [-0.25, -0.2) is 0 Å². The van der Waals surface area contributed by atoms with Crippen molar-refractivity contribution in [2.75, 3.05) is 5.32 Å². The molecule has 0 atom stereocenters. The van der Waals surface area contributed by atoms with E-state index in [4.69, 9.17) is 4.52 Å². The summed E-state index contributed by atoms with van der Waals surface area (Å²) in [5.41, 5.74) is 4.22. The highest BCUT2D eigenvalue weighted by Crippen LogP contribution is 2.22. The maximum Gasteiger partial charge on any atom is 0.255 e. The fourth-order valence-corrected chi connectivity index (χ4v) is 2.94. The van der Waals surface area contributed by atoms with Crippen LogP contribution in [0.4, 0.5) is 5.69 Å². The third-order valence-electron chi connectivity index (χ3n) is 4.46. The zero-order chi connectivity index (χ0) is 19.9. The van der Waals surface area contributed by atoms with Crippen molar-refractivity contribution < 1.29 is 9.32 Å². The minimum Gasteiger partial charge on any atom is -0.360 e. The molecule has 0 bridgehead atoms. The molecule has 0 saturated carbocycles. The molecule has 4 nitrogen and oxygen atoms in total. The lowest BCUT2D eigenvalue weighted by Crippen LogP contribution is -2.11. The minimum atomic E-state index is -0.132. The summed E-state index contributed by atoms with van der Waals surface area (Å²) in [5, 5.41) is 7.05. The van der Waals surface area contributed by atoms with Gasteiger partial charge in [-0.2, -0.15) is 0 Å². The predicted octanol–water partition coefficient (Wildman–Crippen LogP) is 5.85. The van der Waals surface area contributed by atoms with E-state index in [0.29, 0.717) is 12.0 Å². The second kappa shape index (κ2) is 8.85. The molecule has 142 valence electrons. The van der Waals surface area contributed by atoms with Crippen molar-refractivity contribution in [3.05, 3.63) is 114 Å². The van der Waals surface area contributed by atoms with Crippen molar-refractivity contribution in [2.24, 2.45) is 0 Å². The van der Waals surface area contributed by atoms with Crippen molar-refractivity contribution in [3.8, 4) is 11.3 Å². The zero-order valence-corrected chi connectivity index (χ0v) is 15.8. The second-order valence-corrected chi connectivity index (χ2v) is 6.59. The number of nitrogens with zero attached hydrogens (tertiary/aromatic N) is 1. The molecule has 3 aromatic carbocycles. The Morgan fingerprint density at radius 1 is 0.897 bits per heavy atom. The Bertz CT molecular complexity index is 1100. The van der Waals surface area contributed by atoms with Gasteiger partial charge >= 0.3 is 0 Å². The molecule has 4 rings (SSSR count). The summed E-state index contributed by atoms with van der Waals surface area (Å²) in [6.07, 6.45) is 4.79. The van der Waals surface area contributed by atoms with Crippen LogP contribution in [-0.4, -0.2) is 11.1 Å². The fraction of sp³-hybridized carbons (Fsp3) is 0.0400. The summed E-state index contributed by atoms with van der Waals surface area (Å²) in [6, 6.07) is 28.8. The molecule has 0 fully saturated rings. The summed E-state index contributed by atoms with van der Waals surface area (Å²) in [6.45, 7) is 0. The first kappa shape index (κ1) is 18.4. The van der Waals surface area contributed by atoms with Crippen LogP contribution in [0.25, 0.3) is 17.3 Å². The maximum absolute atomic E-state index is 12.2. The first-order chi connectivity index (χ1) is 14.3. The molecule has 4 heteroatoms. The van der Waals surface area contributed by atoms with E-state index in [-0.39, 0.29) is 5.91 Å². The quantitative estimate of drug-likeness (QED) is 0.456. The number of allylic oxidation sites excluding steroid dienone is 1. The van der Waals surface area contributed by atoms with E-state index in [1.165, 1.54) is 0 Å². The van der Waals surface area contributed by atoms with Crippen molar-refractivity contribution in [1.82, 2.24) is 5.16 Å². The third kappa shape index (κ3) is 4.87. The summed E-state index contributed by atoms with van der Waals surface area (Å²) in [7, 11) is 0. The lowest BCUT2D eigenvalue weighted by molar-refractivity contribution is 0.102. The van der Waals surface area contributed by atoms with Crippen molar-refractivity contribution >= 4 is 17.7 Å². The first-order valence-electron chi connectivity index (χ1n) is 9.42. The van der Waals surface area contributed by atoms with Gasteiger partial charge in [0.15, 0.2) is 0 Å². The van der Waals surface area contributed by atoms with E-state index >= 15 is 0 Å². The van der Waals surface area contributed by atoms with E-state index in [1.54, 1.807) is 12.1 Å². The number of rotatable bonds is 6. The highest BCUT2D eigenvalue weighted by Gasteiger charge is 2.08. The Kier molecular flexibility index (Phi) is 5.63. The van der Waals surface area contributed by atoms with Crippen LogP contribution in [0.15, 0.2) is 102 Å². The second-order valence-electron chi connectivity index (χ2n) is 6.59. The van der Waals surface area contributed by atoms with Crippen LogP contribution in [0.1, 0.15) is 21.7 Å². The predicted molar refractivity (Wildman–Crippen MR) is 116 cm³/mol. The van der Waals surface area contributed by atoms with E-state index in [1.807, 2.05) is 66.7 Å². The topological polar surface area (TPSA) is 55.1 Å². The molecule has 0 aliphatic heterocycles. The lowest BCUT2D eigenvalue weighted by atomic mass is 10.1. The molecule has 0 aliphatic carbocycles. The minimum absolute atomic E-state index is 0.132.